The number of likely N-dealkylation sites (tertiary alicyclic amines) is 1. The van der Waals surface area contributed by atoms with E-state index in [1.54, 1.807) is 4.90 Å². The lowest BCUT2D eigenvalue weighted by molar-refractivity contribution is 0.0788. The molecular weight excluding hydrogens is 381 g/mol. The van der Waals surface area contributed by atoms with Gasteiger partial charge in [-0.1, -0.05) is 13.8 Å². The zero-order valence-corrected chi connectivity index (χ0v) is 16.7. The van der Waals surface area contributed by atoms with Crippen LogP contribution in [0.3, 0.4) is 0 Å². The number of carbonyl (C=O) groups excluding carboxylic acids is 1. The van der Waals surface area contributed by atoms with E-state index >= 15 is 0 Å². The van der Waals surface area contributed by atoms with Gasteiger partial charge in [-0.25, -0.2) is 17.5 Å². The molecule has 6 nitrogen and oxygen atoms in total. The van der Waals surface area contributed by atoms with Crippen LogP contribution in [0, 0.1) is 11.7 Å². The Morgan fingerprint density at radius 2 is 1.92 bits per heavy atom. The maximum atomic E-state index is 14.3. The summed E-state index contributed by atoms with van der Waals surface area (Å²) >= 11 is 0. The highest BCUT2D eigenvalue weighted by atomic mass is 35.5. The number of carbonyl (C=O) groups is 1. The number of halogens is 2. The molecule has 1 aromatic rings. The van der Waals surface area contributed by atoms with Crippen molar-refractivity contribution < 1.29 is 17.6 Å². The third kappa shape index (κ3) is 5.64. The molecule has 26 heavy (non-hydrogen) atoms. The highest BCUT2D eigenvalue weighted by Crippen LogP contribution is 2.19. The van der Waals surface area contributed by atoms with Crippen LogP contribution in [0.4, 0.5) is 4.39 Å². The number of amides is 1. The van der Waals surface area contributed by atoms with Crippen LogP contribution in [0.1, 0.15) is 43.5 Å². The fourth-order valence-corrected chi connectivity index (χ4v) is 4.25. The first kappa shape index (κ1) is 22.8. The van der Waals surface area contributed by atoms with Crippen molar-refractivity contribution >= 4 is 28.3 Å². The van der Waals surface area contributed by atoms with Crippen molar-refractivity contribution in [2.24, 2.45) is 11.7 Å². The number of hydrogen-bond donors (Lipinski definition) is 2. The fraction of sp³-hybridized carbons (Fsp3) is 0.588. The van der Waals surface area contributed by atoms with Crippen molar-refractivity contribution in [2.75, 3.05) is 19.6 Å². The molecule has 0 saturated carbocycles. The van der Waals surface area contributed by atoms with E-state index in [2.05, 4.69) is 4.72 Å². The molecule has 0 aliphatic carbocycles. The van der Waals surface area contributed by atoms with E-state index < -0.39 is 27.8 Å². The quantitative estimate of drug-likeness (QED) is 0.724. The first-order chi connectivity index (χ1) is 11.7. The van der Waals surface area contributed by atoms with Gasteiger partial charge in [0.25, 0.3) is 5.91 Å². The molecule has 1 aliphatic rings. The maximum Gasteiger partial charge on any atom is 0.256 e. The topological polar surface area (TPSA) is 92.5 Å². The third-order valence-electron chi connectivity index (χ3n) is 4.24. The SMILES string of the molecule is CC(C)CC(CN)NS(=O)(=O)c1ccc(C(=O)N2CCCC2)c(F)c1.Cl. The predicted molar refractivity (Wildman–Crippen MR) is 101 cm³/mol. The monoisotopic (exact) mass is 407 g/mol. The third-order valence-corrected chi connectivity index (χ3v) is 5.75. The van der Waals surface area contributed by atoms with Crippen LogP contribution in [-0.2, 0) is 10.0 Å². The van der Waals surface area contributed by atoms with Crippen molar-refractivity contribution in [3.05, 3.63) is 29.6 Å². The molecule has 3 N–H and O–H groups in total. The van der Waals surface area contributed by atoms with Crippen molar-refractivity contribution in [3.8, 4) is 0 Å². The zero-order valence-electron chi connectivity index (χ0n) is 15.1. The number of nitrogens with zero attached hydrogens (tertiary/aromatic N) is 1. The Hall–Kier alpha value is -1.22. The number of sulfonamides is 1. The van der Waals surface area contributed by atoms with Gasteiger partial charge in [0.2, 0.25) is 10.0 Å². The lowest BCUT2D eigenvalue weighted by Gasteiger charge is -2.19. The first-order valence-electron chi connectivity index (χ1n) is 8.56. The van der Waals surface area contributed by atoms with Gasteiger partial charge in [0.05, 0.1) is 10.5 Å². The Kier molecular flexibility index (Phi) is 8.46. The summed E-state index contributed by atoms with van der Waals surface area (Å²) in [5.41, 5.74) is 5.52. The summed E-state index contributed by atoms with van der Waals surface area (Å²) in [6, 6.07) is 2.98. The van der Waals surface area contributed by atoms with Gasteiger partial charge in [0.1, 0.15) is 5.82 Å². The molecule has 0 aromatic heterocycles. The van der Waals surface area contributed by atoms with Gasteiger partial charge >= 0.3 is 0 Å². The Morgan fingerprint density at radius 3 is 2.42 bits per heavy atom. The van der Waals surface area contributed by atoms with Gasteiger partial charge in [-0.15, -0.1) is 12.4 Å². The molecule has 1 heterocycles. The lowest BCUT2D eigenvalue weighted by Crippen LogP contribution is -2.41. The summed E-state index contributed by atoms with van der Waals surface area (Å²) in [6.45, 7) is 5.30. The number of nitrogens with one attached hydrogen (secondary N) is 1. The van der Waals surface area contributed by atoms with Crippen molar-refractivity contribution in [2.45, 2.75) is 44.0 Å². The van der Waals surface area contributed by atoms with Gasteiger partial charge in [-0.2, -0.15) is 0 Å². The van der Waals surface area contributed by atoms with E-state index in [1.165, 1.54) is 12.1 Å². The predicted octanol–water partition coefficient (Wildman–Crippen LogP) is 2.14. The molecular formula is C17H27ClFN3O3S. The minimum atomic E-state index is -3.90. The van der Waals surface area contributed by atoms with Gasteiger partial charge in [-0.05, 0) is 43.4 Å². The van der Waals surface area contributed by atoms with Crippen LogP contribution in [-0.4, -0.2) is 44.9 Å². The fourth-order valence-electron chi connectivity index (χ4n) is 2.98. The standard InChI is InChI=1S/C17H26FN3O3S.ClH/c1-12(2)9-13(11-19)20-25(23,24)14-5-6-15(16(18)10-14)17(22)21-7-3-4-8-21;/h5-6,10,12-13,20H,3-4,7-9,11,19H2,1-2H3;1H. The summed E-state index contributed by atoms with van der Waals surface area (Å²) in [6.07, 6.45) is 2.39. The highest BCUT2D eigenvalue weighted by Gasteiger charge is 2.25. The highest BCUT2D eigenvalue weighted by molar-refractivity contribution is 7.89. The second kappa shape index (κ2) is 9.64. The molecule has 1 aliphatic heterocycles. The maximum absolute atomic E-state index is 14.3. The van der Waals surface area contributed by atoms with Gasteiger partial charge in [0, 0.05) is 25.7 Å². The molecule has 1 unspecified atom stereocenters. The van der Waals surface area contributed by atoms with Crippen LogP contribution >= 0.6 is 12.4 Å². The molecule has 1 fully saturated rings. The summed E-state index contributed by atoms with van der Waals surface area (Å²) in [7, 11) is -3.90. The van der Waals surface area contributed by atoms with Crippen molar-refractivity contribution in [1.29, 1.82) is 0 Å². The second-order valence-corrected chi connectivity index (χ2v) is 8.54. The Bertz CT molecular complexity index is 722. The summed E-state index contributed by atoms with van der Waals surface area (Å²) < 4.78 is 41.7. The van der Waals surface area contributed by atoms with Crippen LogP contribution in [0.5, 0.6) is 0 Å². The largest absolute Gasteiger partial charge is 0.339 e. The molecule has 0 bridgehead atoms. The molecule has 1 saturated heterocycles. The smallest absolute Gasteiger partial charge is 0.256 e. The molecule has 9 heteroatoms. The minimum Gasteiger partial charge on any atom is -0.339 e. The van der Waals surface area contributed by atoms with Crippen LogP contribution in [0.2, 0.25) is 0 Å². The Balaban J connectivity index is 0.00000338. The molecule has 0 radical (unpaired) electrons. The van der Waals surface area contributed by atoms with Crippen LogP contribution in [0.15, 0.2) is 23.1 Å². The molecule has 148 valence electrons. The van der Waals surface area contributed by atoms with E-state index in [0.717, 1.165) is 18.9 Å². The van der Waals surface area contributed by atoms with Crippen LogP contribution in [0.25, 0.3) is 0 Å². The number of nitrogens with two attached hydrogens (primary N) is 1. The Morgan fingerprint density at radius 1 is 1.31 bits per heavy atom. The number of hydrogen-bond acceptors (Lipinski definition) is 4. The normalized spacial score (nSPS) is 15.8. The average molecular weight is 408 g/mol. The van der Waals surface area contributed by atoms with Crippen molar-refractivity contribution in [1.82, 2.24) is 9.62 Å². The summed E-state index contributed by atoms with van der Waals surface area (Å²) in [4.78, 5) is 13.7. The lowest BCUT2D eigenvalue weighted by atomic mass is 10.1. The van der Waals surface area contributed by atoms with Crippen LogP contribution < -0.4 is 10.5 Å². The molecule has 1 amide bonds. The molecule has 1 aromatic carbocycles. The van der Waals surface area contributed by atoms with E-state index in [9.17, 15) is 17.6 Å². The number of benzene rings is 1. The molecule has 2 rings (SSSR count). The molecule has 0 spiro atoms. The summed E-state index contributed by atoms with van der Waals surface area (Å²) in [5.74, 6) is -0.951. The van der Waals surface area contributed by atoms with E-state index in [1.807, 2.05) is 13.8 Å². The first-order valence-corrected chi connectivity index (χ1v) is 10.0. The van der Waals surface area contributed by atoms with Gasteiger partial charge in [-0.3, -0.25) is 4.79 Å². The van der Waals surface area contributed by atoms with E-state index in [-0.39, 0.29) is 35.3 Å². The van der Waals surface area contributed by atoms with Crippen molar-refractivity contribution in [3.63, 3.8) is 0 Å². The van der Waals surface area contributed by atoms with Gasteiger partial charge < -0.3 is 10.6 Å². The second-order valence-electron chi connectivity index (χ2n) is 6.82. The Labute approximate surface area is 160 Å². The van der Waals surface area contributed by atoms with E-state index in [4.69, 9.17) is 5.73 Å². The zero-order chi connectivity index (χ0) is 18.6. The van der Waals surface area contributed by atoms with E-state index in [0.29, 0.717) is 19.5 Å². The van der Waals surface area contributed by atoms with Gasteiger partial charge in [0.15, 0.2) is 0 Å². The summed E-state index contributed by atoms with van der Waals surface area (Å²) in [5, 5.41) is 0. The molecule has 1 atom stereocenters. The minimum absolute atomic E-state index is 0. The number of rotatable bonds is 7. The average Bonchev–Trinajstić information content (AvgIpc) is 3.07.